The molecule has 0 amide bonds. The van der Waals surface area contributed by atoms with Crippen LogP contribution in [0.5, 0.6) is 0 Å². The zero-order valence-electron chi connectivity index (χ0n) is 16.4. The van der Waals surface area contributed by atoms with E-state index in [0.29, 0.717) is 24.6 Å². The Hall–Kier alpha value is -1.80. The molecule has 2 unspecified atom stereocenters. The summed E-state index contributed by atoms with van der Waals surface area (Å²) in [6, 6.07) is 5.93. The van der Waals surface area contributed by atoms with E-state index in [1.165, 1.54) is 12.1 Å². The Morgan fingerprint density at radius 1 is 1.37 bits per heavy atom. The van der Waals surface area contributed by atoms with Gasteiger partial charge in [0, 0.05) is 45.8 Å². The second-order valence-electron chi connectivity index (χ2n) is 6.99. The van der Waals surface area contributed by atoms with E-state index >= 15 is 0 Å². The Morgan fingerprint density at radius 3 is 2.59 bits per heavy atom. The van der Waals surface area contributed by atoms with Crippen molar-refractivity contribution in [3.05, 3.63) is 35.4 Å². The van der Waals surface area contributed by atoms with Crippen LogP contribution in [0.25, 0.3) is 0 Å². The fourth-order valence-electron chi connectivity index (χ4n) is 3.28. The number of guanidine groups is 1. The Balaban J connectivity index is 1.89. The van der Waals surface area contributed by atoms with Crippen LogP contribution in [0.3, 0.4) is 0 Å². The highest BCUT2D eigenvalue weighted by Gasteiger charge is 2.30. The summed E-state index contributed by atoms with van der Waals surface area (Å²) >= 11 is 0. The Labute approximate surface area is 159 Å². The van der Waals surface area contributed by atoms with Crippen LogP contribution in [0.2, 0.25) is 0 Å². The molecule has 0 aliphatic carbocycles. The zero-order valence-corrected chi connectivity index (χ0v) is 16.4. The van der Waals surface area contributed by atoms with Gasteiger partial charge >= 0.3 is 6.18 Å². The molecule has 1 heterocycles. The summed E-state index contributed by atoms with van der Waals surface area (Å²) in [6.07, 6.45) is -4.31. The first-order chi connectivity index (χ1) is 12.7. The second-order valence-corrected chi connectivity index (χ2v) is 6.99. The van der Waals surface area contributed by atoms with Crippen molar-refractivity contribution in [3.63, 3.8) is 0 Å². The molecule has 1 N–H and O–H groups in total. The average Bonchev–Trinajstić information content (AvgIpc) is 2.62. The molecule has 1 aliphatic rings. The number of hydrogen-bond donors (Lipinski definition) is 1. The van der Waals surface area contributed by atoms with Crippen molar-refractivity contribution >= 4 is 5.96 Å². The minimum Gasteiger partial charge on any atom is -0.379 e. The van der Waals surface area contributed by atoms with Crippen LogP contribution in [0.15, 0.2) is 29.3 Å². The van der Waals surface area contributed by atoms with Crippen LogP contribution in [0, 0.1) is 0 Å². The molecular formula is C19H29F3N4O. The molecule has 152 valence electrons. The molecular weight excluding hydrogens is 357 g/mol. The molecule has 5 nitrogen and oxygen atoms in total. The van der Waals surface area contributed by atoms with Gasteiger partial charge in [-0.05, 0) is 31.5 Å². The molecule has 1 aromatic rings. The number of alkyl halides is 3. The molecule has 0 aromatic heterocycles. The number of morpholine rings is 1. The van der Waals surface area contributed by atoms with Gasteiger partial charge in [-0.3, -0.25) is 9.89 Å². The number of aliphatic imine (C=N–C) groups is 1. The van der Waals surface area contributed by atoms with Gasteiger partial charge in [-0.15, -0.1) is 0 Å². The maximum Gasteiger partial charge on any atom is 0.416 e. The van der Waals surface area contributed by atoms with E-state index in [0.717, 1.165) is 44.0 Å². The van der Waals surface area contributed by atoms with E-state index in [2.05, 4.69) is 29.1 Å². The van der Waals surface area contributed by atoms with Crippen LogP contribution >= 0.6 is 0 Å². The van der Waals surface area contributed by atoms with E-state index in [9.17, 15) is 13.2 Å². The van der Waals surface area contributed by atoms with Crippen molar-refractivity contribution in [1.29, 1.82) is 0 Å². The van der Waals surface area contributed by atoms with Crippen molar-refractivity contribution < 1.29 is 17.9 Å². The van der Waals surface area contributed by atoms with Gasteiger partial charge in [0.1, 0.15) is 0 Å². The standard InChI is InChI=1S/C19H29F3N4O/c1-14(26-9-10-27-13-15(26)2)11-24-18(23-3)25(4)12-16-5-7-17(8-6-16)19(20,21)22/h5-8,14-15H,9-13H2,1-4H3,(H,23,24). The van der Waals surface area contributed by atoms with Crippen molar-refractivity contribution in [3.8, 4) is 0 Å². The van der Waals surface area contributed by atoms with Crippen LogP contribution in [-0.2, 0) is 17.5 Å². The Kier molecular flexibility index (Phi) is 7.49. The lowest BCUT2D eigenvalue weighted by Gasteiger charge is -2.38. The number of benzene rings is 1. The molecule has 8 heteroatoms. The zero-order chi connectivity index (χ0) is 20.0. The van der Waals surface area contributed by atoms with Crippen LogP contribution in [0.4, 0.5) is 13.2 Å². The maximum atomic E-state index is 12.7. The first-order valence-electron chi connectivity index (χ1n) is 9.13. The minimum atomic E-state index is -4.31. The minimum absolute atomic E-state index is 0.320. The number of nitrogens with one attached hydrogen (secondary N) is 1. The van der Waals surface area contributed by atoms with E-state index in [1.807, 2.05) is 11.9 Å². The van der Waals surface area contributed by atoms with Gasteiger partial charge < -0.3 is 15.0 Å². The second kappa shape index (κ2) is 9.41. The summed E-state index contributed by atoms with van der Waals surface area (Å²) in [5.74, 6) is 0.711. The highest BCUT2D eigenvalue weighted by Crippen LogP contribution is 2.29. The summed E-state index contributed by atoms with van der Waals surface area (Å²) < 4.78 is 43.5. The van der Waals surface area contributed by atoms with E-state index in [1.54, 1.807) is 7.05 Å². The molecule has 0 spiro atoms. The van der Waals surface area contributed by atoms with Gasteiger partial charge in [-0.25, -0.2) is 0 Å². The average molecular weight is 386 g/mol. The first kappa shape index (κ1) is 21.5. The topological polar surface area (TPSA) is 40.1 Å². The number of hydrogen-bond acceptors (Lipinski definition) is 3. The molecule has 0 saturated carbocycles. The third kappa shape index (κ3) is 6.10. The molecule has 27 heavy (non-hydrogen) atoms. The van der Waals surface area contributed by atoms with Gasteiger partial charge in [0.25, 0.3) is 0 Å². The predicted molar refractivity (Wildman–Crippen MR) is 101 cm³/mol. The van der Waals surface area contributed by atoms with E-state index < -0.39 is 11.7 Å². The largest absolute Gasteiger partial charge is 0.416 e. The molecule has 0 radical (unpaired) electrons. The van der Waals surface area contributed by atoms with Crippen molar-refractivity contribution in [2.45, 2.75) is 38.7 Å². The molecule has 2 atom stereocenters. The SMILES string of the molecule is CN=C(NCC(C)N1CCOCC1C)N(C)Cc1ccc(C(F)(F)F)cc1. The third-order valence-corrected chi connectivity index (χ3v) is 4.82. The summed E-state index contributed by atoms with van der Waals surface area (Å²) in [4.78, 5) is 8.59. The van der Waals surface area contributed by atoms with Gasteiger partial charge in [0.2, 0.25) is 0 Å². The fourth-order valence-corrected chi connectivity index (χ4v) is 3.28. The Morgan fingerprint density at radius 2 is 2.04 bits per heavy atom. The third-order valence-electron chi connectivity index (χ3n) is 4.82. The molecule has 0 bridgehead atoms. The van der Waals surface area contributed by atoms with Gasteiger partial charge in [0.05, 0.1) is 18.8 Å². The maximum absolute atomic E-state index is 12.7. The number of halogens is 3. The van der Waals surface area contributed by atoms with Gasteiger partial charge in [-0.1, -0.05) is 12.1 Å². The first-order valence-corrected chi connectivity index (χ1v) is 9.13. The van der Waals surface area contributed by atoms with Gasteiger partial charge in [0.15, 0.2) is 5.96 Å². The van der Waals surface area contributed by atoms with Gasteiger partial charge in [-0.2, -0.15) is 13.2 Å². The molecule has 1 fully saturated rings. The van der Waals surface area contributed by atoms with Crippen molar-refractivity contribution in [1.82, 2.24) is 15.1 Å². The van der Waals surface area contributed by atoms with E-state index in [4.69, 9.17) is 4.74 Å². The van der Waals surface area contributed by atoms with Crippen LogP contribution in [-0.4, -0.2) is 68.2 Å². The smallest absolute Gasteiger partial charge is 0.379 e. The lowest BCUT2D eigenvalue weighted by molar-refractivity contribution is -0.137. The highest BCUT2D eigenvalue weighted by molar-refractivity contribution is 5.79. The number of rotatable bonds is 5. The summed E-state index contributed by atoms with van der Waals surface area (Å²) in [7, 11) is 3.57. The van der Waals surface area contributed by atoms with Crippen molar-refractivity contribution in [2.24, 2.45) is 4.99 Å². The lowest BCUT2D eigenvalue weighted by atomic mass is 10.1. The quantitative estimate of drug-likeness (QED) is 0.624. The monoisotopic (exact) mass is 386 g/mol. The van der Waals surface area contributed by atoms with E-state index in [-0.39, 0.29) is 0 Å². The summed E-state index contributed by atoms with van der Waals surface area (Å²) in [5.41, 5.74) is 0.160. The Bertz CT molecular complexity index is 618. The summed E-state index contributed by atoms with van der Waals surface area (Å²) in [5, 5.41) is 3.36. The number of nitrogens with zero attached hydrogens (tertiary/aromatic N) is 3. The number of ether oxygens (including phenoxy) is 1. The predicted octanol–water partition coefficient (Wildman–Crippen LogP) is 2.82. The summed E-state index contributed by atoms with van der Waals surface area (Å²) in [6.45, 7) is 7.92. The highest BCUT2D eigenvalue weighted by atomic mass is 19.4. The molecule has 2 rings (SSSR count). The normalized spacial score (nSPS) is 20.4. The van der Waals surface area contributed by atoms with Crippen LogP contribution in [0.1, 0.15) is 25.0 Å². The molecule has 1 aromatic carbocycles. The molecule has 1 saturated heterocycles. The fraction of sp³-hybridized carbons (Fsp3) is 0.632. The lowest BCUT2D eigenvalue weighted by Crippen LogP contribution is -2.53. The van der Waals surface area contributed by atoms with Crippen molar-refractivity contribution in [2.75, 3.05) is 40.4 Å². The molecule has 1 aliphatic heterocycles. The van der Waals surface area contributed by atoms with Crippen LogP contribution < -0.4 is 5.32 Å².